The van der Waals surface area contributed by atoms with Crippen LogP contribution in [0.4, 0.5) is 0 Å². The second kappa shape index (κ2) is 15.5. The number of aliphatic carboxylic acids is 1. The molecule has 0 saturated heterocycles. The molecule has 0 aliphatic heterocycles. The molecule has 0 saturated carbocycles. The van der Waals surface area contributed by atoms with Crippen LogP contribution in [0.2, 0.25) is 0 Å². The highest BCUT2D eigenvalue weighted by Gasteiger charge is 2.32. The molecule has 12 heteroatoms. The van der Waals surface area contributed by atoms with Gasteiger partial charge in [-0.05, 0) is 55.6 Å². The minimum atomic E-state index is -1.49. The first-order valence-electron chi connectivity index (χ1n) is 13.9. The molecule has 0 radical (unpaired) electrons. The van der Waals surface area contributed by atoms with Gasteiger partial charge in [-0.1, -0.05) is 36.8 Å². The normalized spacial score (nSPS) is 14.0. The SMILES string of the molecule is C[C@@H](O)[C@H](NC(=O)[C@H](Cc1c[nH]c2ccccc12)NC(=O)CCCCCN)C(=O)N[C@@H](Cc1ccc(O)cc1)C(=O)O. The molecule has 2 aromatic carbocycles. The molecule has 0 fully saturated rings. The van der Waals surface area contributed by atoms with Gasteiger partial charge in [0.05, 0.1) is 6.10 Å². The first kappa shape index (κ1) is 32.1. The molecule has 9 N–H and O–H groups in total. The number of rotatable bonds is 16. The zero-order chi connectivity index (χ0) is 30.6. The highest BCUT2D eigenvalue weighted by atomic mass is 16.4. The Morgan fingerprint density at radius 1 is 0.881 bits per heavy atom. The zero-order valence-electron chi connectivity index (χ0n) is 23.5. The van der Waals surface area contributed by atoms with Gasteiger partial charge in [0, 0.05) is 36.4 Å². The number of para-hydroxylation sites is 1. The number of phenols is 1. The van der Waals surface area contributed by atoms with Crippen molar-refractivity contribution in [2.45, 2.75) is 69.7 Å². The van der Waals surface area contributed by atoms with Crippen LogP contribution in [0.5, 0.6) is 5.75 Å². The molecule has 0 aliphatic rings. The molecule has 0 aliphatic carbocycles. The van der Waals surface area contributed by atoms with E-state index >= 15 is 0 Å². The second-order valence-electron chi connectivity index (χ2n) is 10.3. The summed E-state index contributed by atoms with van der Waals surface area (Å²) >= 11 is 0. The maximum absolute atomic E-state index is 13.5. The van der Waals surface area contributed by atoms with Crippen molar-refractivity contribution in [2.75, 3.05) is 6.54 Å². The summed E-state index contributed by atoms with van der Waals surface area (Å²) in [7, 11) is 0. The van der Waals surface area contributed by atoms with Gasteiger partial charge in [-0.15, -0.1) is 0 Å². The number of unbranched alkanes of at least 4 members (excludes halogenated alkanes) is 2. The van der Waals surface area contributed by atoms with Crippen LogP contribution >= 0.6 is 0 Å². The Kier molecular flexibility index (Phi) is 11.9. The van der Waals surface area contributed by atoms with Crippen LogP contribution in [-0.2, 0) is 32.0 Å². The van der Waals surface area contributed by atoms with E-state index in [2.05, 4.69) is 20.9 Å². The van der Waals surface area contributed by atoms with Crippen LogP contribution in [0.3, 0.4) is 0 Å². The molecule has 4 atom stereocenters. The summed E-state index contributed by atoms with van der Waals surface area (Å²) in [6.45, 7) is 1.82. The average Bonchev–Trinajstić information content (AvgIpc) is 3.36. The maximum atomic E-state index is 13.5. The standard InChI is InChI=1S/C30H39N5O7/c1-18(36)27(29(40)34-25(30(41)42)15-19-10-12-21(37)13-11-19)35-28(39)24(33-26(38)9-3-2-6-14-31)16-20-17-32-23-8-5-4-7-22(20)23/h4-5,7-8,10-13,17-18,24-25,27,32,36-37H,2-3,6,9,14-16,31H2,1H3,(H,33,38)(H,34,40)(H,35,39)(H,41,42)/t18-,24+,25+,27+/m1/s1. The first-order chi connectivity index (χ1) is 20.1. The average molecular weight is 582 g/mol. The number of carboxylic acid groups (broad SMARTS) is 1. The van der Waals surface area contributed by atoms with E-state index in [0.29, 0.717) is 18.5 Å². The molecule has 3 rings (SSSR count). The van der Waals surface area contributed by atoms with Crippen molar-refractivity contribution in [3.63, 3.8) is 0 Å². The zero-order valence-corrected chi connectivity index (χ0v) is 23.5. The Morgan fingerprint density at radius 2 is 1.60 bits per heavy atom. The molecular formula is C30H39N5O7. The van der Waals surface area contributed by atoms with Gasteiger partial charge in [-0.2, -0.15) is 0 Å². The number of carbonyl (C=O) groups is 4. The van der Waals surface area contributed by atoms with Crippen molar-refractivity contribution in [3.05, 3.63) is 65.9 Å². The summed E-state index contributed by atoms with van der Waals surface area (Å²) in [5.74, 6) is -3.25. The lowest BCUT2D eigenvalue weighted by molar-refractivity contribution is -0.143. The maximum Gasteiger partial charge on any atom is 0.326 e. The molecule has 3 amide bonds. The summed E-state index contributed by atoms with van der Waals surface area (Å²) in [5, 5.41) is 38.0. The molecule has 226 valence electrons. The van der Waals surface area contributed by atoms with E-state index in [0.717, 1.165) is 29.3 Å². The van der Waals surface area contributed by atoms with Crippen molar-refractivity contribution in [2.24, 2.45) is 5.73 Å². The molecule has 0 spiro atoms. The lowest BCUT2D eigenvalue weighted by Crippen LogP contribution is -2.59. The number of fused-ring (bicyclic) bond motifs is 1. The lowest BCUT2D eigenvalue weighted by atomic mass is 10.0. The number of H-pyrrole nitrogens is 1. The van der Waals surface area contributed by atoms with Gasteiger partial charge in [-0.3, -0.25) is 14.4 Å². The van der Waals surface area contributed by atoms with Gasteiger partial charge >= 0.3 is 5.97 Å². The van der Waals surface area contributed by atoms with Gasteiger partial charge in [0.1, 0.15) is 23.9 Å². The number of hydrogen-bond acceptors (Lipinski definition) is 7. The third kappa shape index (κ3) is 9.32. The van der Waals surface area contributed by atoms with Crippen LogP contribution in [0.25, 0.3) is 10.9 Å². The van der Waals surface area contributed by atoms with Crippen molar-refractivity contribution < 1.29 is 34.5 Å². The number of aliphatic hydroxyl groups excluding tert-OH is 1. The second-order valence-corrected chi connectivity index (χ2v) is 10.3. The summed E-state index contributed by atoms with van der Waals surface area (Å²) in [4.78, 5) is 54.4. The number of carbonyl (C=O) groups excluding carboxylic acids is 3. The fraction of sp³-hybridized carbons (Fsp3) is 0.400. The molecular weight excluding hydrogens is 542 g/mol. The van der Waals surface area contributed by atoms with Gasteiger partial charge < -0.3 is 42.0 Å². The number of aromatic nitrogens is 1. The first-order valence-corrected chi connectivity index (χ1v) is 13.9. The molecule has 0 unspecified atom stereocenters. The van der Waals surface area contributed by atoms with E-state index in [1.807, 2.05) is 24.3 Å². The minimum Gasteiger partial charge on any atom is -0.508 e. The van der Waals surface area contributed by atoms with E-state index < -0.39 is 42.0 Å². The molecule has 3 aromatic rings. The fourth-order valence-electron chi connectivity index (χ4n) is 4.59. The van der Waals surface area contributed by atoms with Gasteiger partial charge in [0.15, 0.2) is 0 Å². The Hall–Kier alpha value is -4.42. The summed E-state index contributed by atoms with van der Waals surface area (Å²) in [5.41, 5.74) is 7.70. The quantitative estimate of drug-likeness (QED) is 0.115. The van der Waals surface area contributed by atoms with Crippen molar-refractivity contribution >= 4 is 34.6 Å². The Balaban J connectivity index is 1.75. The van der Waals surface area contributed by atoms with Crippen LogP contribution in [0.1, 0.15) is 43.7 Å². The van der Waals surface area contributed by atoms with Crippen molar-refractivity contribution in [3.8, 4) is 5.75 Å². The third-order valence-corrected chi connectivity index (χ3v) is 6.91. The molecule has 42 heavy (non-hydrogen) atoms. The molecule has 1 heterocycles. The smallest absolute Gasteiger partial charge is 0.326 e. The van der Waals surface area contributed by atoms with E-state index in [-0.39, 0.29) is 30.9 Å². The summed E-state index contributed by atoms with van der Waals surface area (Å²) in [6, 6.07) is 9.41. The lowest BCUT2D eigenvalue weighted by Gasteiger charge is -2.26. The minimum absolute atomic E-state index is 0.0105. The number of aromatic amines is 1. The number of nitrogens with one attached hydrogen (secondary N) is 4. The molecule has 12 nitrogen and oxygen atoms in total. The van der Waals surface area contributed by atoms with Crippen LogP contribution in [0.15, 0.2) is 54.7 Å². The number of benzene rings is 2. The number of aromatic hydroxyl groups is 1. The molecule has 0 bridgehead atoms. The highest BCUT2D eigenvalue weighted by Crippen LogP contribution is 2.19. The van der Waals surface area contributed by atoms with Crippen LogP contribution in [-0.4, -0.2) is 74.8 Å². The van der Waals surface area contributed by atoms with E-state index in [9.17, 15) is 34.5 Å². The van der Waals surface area contributed by atoms with E-state index in [1.165, 1.54) is 31.2 Å². The predicted octanol–water partition coefficient (Wildman–Crippen LogP) is 1.10. The number of amides is 3. The van der Waals surface area contributed by atoms with Crippen LogP contribution in [0, 0.1) is 0 Å². The Morgan fingerprint density at radius 3 is 2.26 bits per heavy atom. The van der Waals surface area contributed by atoms with E-state index in [1.54, 1.807) is 6.20 Å². The molecule has 1 aromatic heterocycles. The van der Waals surface area contributed by atoms with Crippen molar-refractivity contribution in [1.82, 2.24) is 20.9 Å². The Labute approximate surface area is 243 Å². The third-order valence-electron chi connectivity index (χ3n) is 6.91. The number of aliphatic hydroxyl groups is 1. The van der Waals surface area contributed by atoms with E-state index in [4.69, 9.17) is 5.73 Å². The Bertz CT molecular complexity index is 1360. The monoisotopic (exact) mass is 581 g/mol. The van der Waals surface area contributed by atoms with Crippen LogP contribution < -0.4 is 21.7 Å². The fourth-order valence-corrected chi connectivity index (χ4v) is 4.59. The van der Waals surface area contributed by atoms with Crippen molar-refractivity contribution in [1.29, 1.82) is 0 Å². The number of nitrogens with two attached hydrogens (primary N) is 1. The number of hydrogen-bond donors (Lipinski definition) is 8. The number of phenolic OH excluding ortho intramolecular Hbond substituents is 1. The largest absolute Gasteiger partial charge is 0.508 e. The van der Waals surface area contributed by atoms with Gasteiger partial charge in [-0.25, -0.2) is 4.79 Å². The summed E-state index contributed by atoms with van der Waals surface area (Å²) < 4.78 is 0. The van der Waals surface area contributed by atoms with Gasteiger partial charge in [0.2, 0.25) is 17.7 Å². The number of carboxylic acids is 1. The highest BCUT2D eigenvalue weighted by molar-refractivity contribution is 5.94. The summed E-state index contributed by atoms with van der Waals surface area (Å²) in [6.07, 6.45) is 2.72. The predicted molar refractivity (Wildman–Crippen MR) is 156 cm³/mol. The topological polar surface area (TPSA) is 207 Å². The van der Waals surface area contributed by atoms with Gasteiger partial charge in [0.25, 0.3) is 0 Å².